The van der Waals surface area contributed by atoms with E-state index in [2.05, 4.69) is 15.7 Å². The highest BCUT2D eigenvalue weighted by molar-refractivity contribution is 5.92. The Labute approximate surface area is 152 Å². The van der Waals surface area contributed by atoms with Crippen LogP contribution in [0.1, 0.15) is 47.9 Å². The van der Waals surface area contributed by atoms with Crippen molar-refractivity contribution < 1.29 is 14.3 Å². The predicted molar refractivity (Wildman–Crippen MR) is 96.7 cm³/mol. The Morgan fingerprint density at radius 2 is 2.15 bits per heavy atom. The molecular formula is C19H24N4O3. The number of ether oxygens (including phenoxy) is 2. The largest absolute Gasteiger partial charge is 0.486 e. The van der Waals surface area contributed by atoms with Gasteiger partial charge in [0, 0.05) is 12.7 Å². The number of amides is 1. The lowest BCUT2D eigenvalue weighted by molar-refractivity contribution is 0.0933. The van der Waals surface area contributed by atoms with Gasteiger partial charge in [-0.3, -0.25) is 9.48 Å². The van der Waals surface area contributed by atoms with Gasteiger partial charge in [0.2, 0.25) is 0 Å². The van der Waals surface area contributed by atoms with Gasteiger partial charge in [-0.05, 0) is 50.1 Å². The van der Waals surface area contributed by atoms with Gasteiger partial charge in [0.05, 0.1) is 12.1 Å². The number of nitrogens with one attached hydrogen (secondary N) is 2. The topological polar surface area (TPSA) is 77.4 Å². The first-order chi connectivity index (χ1) is 12.7. The first-order valence-electron chi connectivity index (χ1n) is 9.17. The van der Waals surface area contributed by atoms with Crippen LogP contribution >= 0.6 is 0 Å². The summed E-state index contributed by atoms with van der Waals surface area (Å²) in [6, 6.07) is 7.70. The highest BCUT2D eigenvalue weighted by Gasteiger charge is 2.20. The Hall–Kier alpha value is -2.54. The monoisotopic (exact) mass is 356 g/mol. The van der Waals surface area contributed by atoms with Crippen molar-refractivity contribution in [3.05, 3.63) is 41.7 Å². The maximum atomic E-state index is 12.6. The molecule has 1 saturated heterocycles. The zero-order chi connectivity index (χ0) is 17.9. The molecule has 0 bridgehead atoms. The van der Waals surface area contributed by atoms with Crippen LogP contribution in [-0.2, 0) is 0 Å². The summed E-state index contributed by atoms with van der Waals surface area (Å²) in [5.41, 5.74) is 1.42. The van der Waals surface area contributed by atoms with Crippen LogP contribution in [0, 0.1) is 0 Å². The lowest BCUT2D eigenvalue weighted by atomic mass is 10.1. The van der Waals surface area contributed by atoms with E-state index in [0.29, 0.717) is 24.9 Å². The molecule has 26 heavy (non-hydrogen) atoms. The van der Waals surface area contributed by atoms with Crippen molar-refractivity contribution in [1.82, 2.24) is 20.4 Å². The molecule has 2 aliphatic heterocycles. The summed E-state index contributed by atoms with van der Waals surface area (Å²) in [6.07, 6.45) is 4.11. The van der Waals surface area contributed by atoms with E-state index in [0.717, 1.165) is 43.0 Å². The standard InChI is InChI=1S/C19H24N4O3/c1-13(14-4-5-17-18(11-14)26-10-9-25-17)21-19(24)16-6-8-23(22-16)15-3-2-7-20-12-15/h4-6,8,11,13,15,20H,2-3,7,9-10,12H2,1H3,(H,21,24). The van der Waals surface area contributed by atoms with E-state index in [1.807, 2.05) is 36.0 Å². The third-order valence-electron chi connectivity index (χ3n) is 4.90. The fraction of sp³-hybridized carbons (Fsp3) is 0.474. The molecule has 1 fully saturated rings. The van der Waals surface area contributed by atoms with Crippen LogP contribution in [0.15, 0.2) is 30.5 Å². The second-order valence-electron chi connectivity index (χ2n) is 6.78. The zero-order valence-electron chi connectivity index (χ0n) is 14.9. The number of carbonyl (C=O) groups is 1. The van der Waals surface area contributed by atoms with E-state index in [1.54, 1.807) is 6.07 Å². The minimum absolute atomic E-state index is 0.153. The van der Waals surface area contributed by atoms with Gasteiger partial charge >= 0.3 is 0 Å². The third kappa shape index (κ3) is 3.53. The first-order valence-corrected chi connectivity index (χ1v) is 9.17. The molecule has 0 aliphatic carbocycles. The van der Waals surface area contributed by atoms with Crippen LogP contribution in [0.5, 0.6) is 11.5 Å². The Morgan fingerprint density at radius 1 is 1.31 bits per heavy atom. The van der Waals surface area contributed by atoms with Crippen LogP contribution < -0.4 is 20.1 Å². The maximum Gasteiger partial charge on any atom is 0.272 e. The second kappa shape index (κ2) is 7.37. The summed E-state index contributed by atoms with van der Waals surface area (Å²) in [6.45, 7) is 5.02. The third-order valence-corrected chi connectivity index (χ3v) is 4.90. The number of rotatable bonds is 4. The summed E-state index contributed by atoms with van der Waals surface area (Å²) >= 11 is 0. The van der Waals surface area contributed by atoms with Gasteiger partial charge in [0.15, 0.2) is 11.5 Å². The summed E-state index contributed by atoms with van der Waals surface area (Å²) in [5.74, 6) is 1.30. The molecular weight excluding hydrogens is 332 g/mol. The van der Waals surface area contributed by atoms with E-state index in [1.165, 1.54) is 0 Å². The quantitative estimate of drug-likeness (QED) is 0.877. The SMILES string of the molecule is CC(NC(=O)c1ccn(C2CCCNC2)n1)c1ccc2c(c1)OCCO2. The summed E-state index contributed by atoms with van der Waals surface area (Å²) in [7, 11) is 0. The molecule has 2 unspecified atom stereocenters. The number of hydrogen-bond acceptors (Lipinski definition) is 5. The summed E-state index contributed by atoms with van der Waals surface area (Å²) in [5, 5.41) is 10.8. The maximum absolute atomic E-state index is 12.6. The van der Waals surface area contributed by atoms with Crippen molar-refractivity contribution in [1.29, 1.82) is 0 Å². The highest BCUT2D eigenvalue weighted by atomic mass is 16.6. The fourth-order valence-electron chi connectivity index (χ4n) is 3.40. The zero-order valence-corrected chi connectivity index (χ0v) is 14.9. The predicted octanol–water partition coefficient (Wildman–Crippen LogP) is 2.07. The van der Waals surface area contributed by atoms with Gasteiger partial charge in [-0.15, -0.1) is 0 Å². The molecule has 7 heteroatoms. The van der Waals surface area contributed by atoms with Crippen molar-refractivity contribution >= 4 is 5.91 Å². The molecule has 4 rings (SSSR count). The molecule has 0 spiro atoms. The van der Waals surface area contributed by atoms with Crippen LogP contribution in [0.3, 0.4) is 0 Å². The molecule has 1 amide bonds. The minimum atomic E-state index is -0.171. The van der Waals surface area contributed by atoms with E-state index in [9.17, 15) is 4.79 Å². The molecule has 2 N–H and O–H groups in total. The molecule has 2 atom stereocenters. The Balaban J connectivity index is 1.42. The number of fused-ring (bicyclic) bond motifs is 1. The Morgan fingerprint density at radius 3 is 2.96 bits per heavy atom. The number of carbonyl (C=O) groups excluding carboxylic acids is 1. The molecule has 2 aliphatic rings. The van der Waals surface area contributed by atoms with Gasteiger partial charge in [0.1, 0.15) is 18.9 Å². The smallest absolute Gasteiger partial charge is 0.272 e. The summed E-state index contributed by atoms with van der Waals surface area (Å²) < 4.78 is 13.1. The van der Waals surface area contributed by atoms with Crippen molar-refractivity contribution in [3.63, 3.8) is 0 Å². The average Bonchev–Trinajstić information content (AvgIpc) is 3.18. The van der Waals surface area contributed by atoms with Crippen molar-refractivity contribution in [2.24, 2.45) is 0 Å². The van der Waals surface area contributed by atoms with E-state index in [-0.39, 0.29) is 11.9 Å². The number of benzene rings is 1. The minimum Gasteiger partial charge on any atom is -0.486 e. The molecule has 1 aromatic heterocycles. The van der Waals surface area contributed by atoms with E-state index >= 15 is 0 Å². The molecule has 0 saturated carbocycles. The first kappa shape index (κ1) is 16.9. The van der Waals surface area contributed by atoms with Crippen molar-refractivity contribution in [3.8, 4) is 11.5 Å². The van der Waals surface area contributed by atoms with E-state index in [4.69, 9.17) is 9.47 Å². The van der Waals surface area contributed by atoms with Gasteiger partial charge in [-0.1, -0.05) is 6.07 Å². The molecule has 1 aromatic carbocycles. The Bertz CT molecular complexity index is 783. The van der Waals surface area contributed by atoms with Crippen molar-refractivity contribution in [2.75, 3.05) is 26.3 Å². The van der Waals surface area contributed by atoms with Crippen LogP contribution in [0.25, 0.3) is 0 Å². The van der Waals surface area contributed by atoms with Crippen LogP contribution in [0.4, 0.5) is 0 Å². The van der Waals surface area contributed by atoms with Gasteiger partial charge in [-0.25, -0.2) is 0 Å². The molecule has 2 aromatic rings. The summed E-state index contributed by atoms with van der Waals surface area (Å²) in [4.78, 5) is 12.6. The van der Waals surface area contributed by atoms with Crippen LogP contribution in [0.2, 0.25) is 0 Å². The fourth-order valence-corrected chi connectivity index (χ4v) is 3.40. The molecule has 3 heterocycles. The number of nitrogens with zero attached hydrogens (tertiary/aromatic N) is 2. The lowest BCUT2D eigenvalue weighted by Gasteiger charge is -2.23. The van der Waals surface area contributed by atoms with Gasteiger partial charge in [0.25, 0.3) is 5.91 Å². The van der Waals surface area contributed by atoms with E-state index < -0.39 is 0 Å². The second-order valence-corrected chi connectivity index (χ2v) is 6.78. The van der Waals surface area contributed by atoms with Gasteiger partial charge < -0.3 is 20.1 Å². The lowest BCUT2D eigenvalue weighted by Crippen LogP contribution is -2.32. The highest BCUT2D eigenvalue weighted by Crippen LogP contribution is 2.32. The average molecular weight is 356 g/mol. The van der Waals surface area contributed by atoms with Crippen LogP contribution in [-0.4, -0.2) is 42.0 Å². The number of piperidine rings is 1. The Kier molecular flexibility index (Phi) is 4.79. The molecule has 0 radical (unpaired) electrons. The van der Waals surface area contributed by atoms with Gasteiger partial charge in [-0.2, -0.15) is 5.10 Å². The number of hydrogen-bond donors (Lipinski definition) is 2. The van der Waals surface area contributed by atoms with Crippen molar-refractivity contribution in [2.45, 2.75) is 31.8 Å². The normalized spacial score (nSPS) is 20.4. The molecule has 138 valence electrons. The molecule has 7 nitrogen and oxygen atoms in total. The number of aromatic nitrogens is 2.